The number of nitrogens with zero attached hydrogens (tertiary/aromatic N) is 1. The first kappa shape index (κ1) is 17.5. The lowest BCUT2D eigenvalue weighted by Gasteiger charge is -2.25. The van der Waals surface area contributed by atoms with E-state index in [1.165, 1.54) is 19.3 Å². The van der Waals surface area contributed by atoms with Crippen molar-refractivity contribution in [3.05, 3.63) is 83.9 Å². The molecule has 1 amide bonds. The molecule has 3 heteroatoms. The van der Waals surface area contributed by atoms with Crippen LogP contribution in [0.2, 0.25) is 0 Å². The number of carbonyl (C=O) groups excluding carboxylic acids is 1. The van der Waals surface area contributed by atoms with Crippen LogP contribution < -0.4 is 5.43 Å². The molecule has 4 rings (SSSR count). The summed E-state index contributed by atoms with van der Waals surface area (Å²) in [4.78, 5) is 12.4. The van der Waals surface area contributed by atoms with E-state index in [2.05, 4.69) is 10.5 Å². The number of amides is 1. The van der Waals surface area contributed by atoms with E-state index in [9.17, 15) is 4.79 Å². The normalized spacial score (nSPS) is 19.8. The second-order valence-corrected chi connectivity index (χ2v) is 7.47. The third-order valence-corrected chi connectivity index (χ3v) is 5.64. The average molecular weight is 356 g/mol. The van der Waals surface area contributed by atoms with Crippen molar-refractivity contribution >= 4 is 23.8 Å². The van der Waals surface area contributed by atoms with Crippen molar-refractivity contribution in [1.29, 1.82) is 0 Å². The van der Waals surface area contributed by atoms with Crippen LogP contribution in [0, 0.1) is 11.3 Å². The van der Waals surface area contributed by atoms with E-state index < -0.39 is 0 Å². The maximum atomic E-state index is 12.4. The smallest absolute Gasteiger partial charge is 0.243 e. The Morgan fingerprint density at radius 2 is 1.48 bits per heavy atom. The summed E-state index contributed by atoms with van der Waals surface area (Å²) in [5.74, 6) is 0.223. The Labute approximate surface area is 160 Å². The zero-order chi connectivity index (χ0) is 18.5. The third kappa shape index (κ3) is 4.25. The van der Waals surface area contributed by atoms with Gasteiger partial charge < -0.3 is 0 Å². The van der Waals surface area contributed by atoms with Gasteiger partial charge in [0.25, 0.3) is 0 Å². The minimum atomic E-state index is 0.0634. The molecule has 2 saturated carbocycles. The summed E-state index contributed by atoms with van der Waals surface area (Å²) in [6, 6.07) is 20.2. The Kier molecular flexibility index (Phi) is 5.01. The summed E-state index contributed by atoms with van der Waals surface area (Å²) in [6.07, 6.45) is 12.6. The second kappa shape index (κ2) is 7.75. The number of nitrogens with one attached hydrogen (secondary N) is 1. The van der Waals surface area contributed by atoms with E-state index >= 15 is 0 Å². The minimum absolute atomic E-state index is 0.0634. The van der Waals surface area contributed by atoms with Gasteiger partial charge >= 0.3 is 0 Å². The molecule has 2 aliphatic rings. The fourth-order valence-corrected chi connectivity index (χ4v) is 3.72. The van der Waals surface area contributed by atoms with Gasteiger partial charge in [-0.25, -0.2) is 5.43 Å². The molecule has 1 spiro atoms. The standard InChI is InChI=1S/C24H24N2O/c27-23(22-18-24(22)16-7-17-24)26-25-21(14-12-19-8-3-1-4-9-19)15-13-20-10-5-2-6-11-20/h1-6,8-15,22H,7,16-18H2,(H,26,27)/b14-12+,15-13+/t22-/m1/s1. The van der Waals surface area contributed by atoms with Gasteiger partial charge in [0, 0.05) is 5.92 Å². The van der Waals surface area contributed by atoms with Gasteiger partial charge in [-0.2, -0.15) is 5.10 Å². The van der Waals surface area contributed by atoms with E-state index in [0.717, 1.165) is 23.3 Å². The predicted molar refractivity (Wildman–Crippen MR) is 111 cm³/mol. The number of carbonyl (C=O) groups is 1. The van der Waals surface area contributed by atoms with Crippen molar-refractivity contribution in [3.8, 4) is 0 Å². The number of benzene rings is 2. The van der Waals surface area contributed by atoms with Gasteiger partial charge in [-0.1, -0.05) is 79.2 Å². The highest BCUT2D eigenvalue weighted by Crippen LogP contribution is 2.65. The molecule has 0 bridgehead atoms. The molecule has 0 unspecified atom stereocenters. The Morgan fingerprint density at radius 1 is 0.926 bits per heavy atom. The largest absolute Gasteiger partial charge is 0.273 e. The highest BCUT2D eigenvalue weighted by Gasteiger charge is 2.60. The first-order valence-corrected chi connectivity index (χ1v) is 9.59. The van der Waals surface area contributed by atoms with Gasteiger partial charge in [-0.3, -0.25) is 4.79 Å². The number of hydrazone groups is 1. The minimum Gasteiger partial charge on any atom is -0.273 e. The monoisotopic (exact) mass is 356 g/mol. The van der Waals surface area contributed by atoms with Gasteiger partial charge in [-0.15, -0.1) is 0 Å². The van der Waals surface area contributed by atoms with Crippen molar-refractivity contribution < 1.29 is 4.79 Å². The summed E-state index contributed by atoms with van der Waals surface area (Å²) in [5, 5.41) is 4.38. The quantitative estimate of drug-likeness (QED) is 0.569. The highest BCUT2D eigenvalue weighted by atomic mass is 16.2. The van der Waals surface area contributed by atoms with E-state index in [0.29, 0.717) is 5.41 Å². The van der Waals surface area contributed by atoms with Gasteiger partial charge in [-0.05, 0) is 48.0 Å². The summed E-state index contributed by atoms with van der Waals surface area (Å²) >= 11 is 0. The van der Waals surface area contributed by atoms with Gasteiger partial charge in [0.05, 0.1) is 5.71 Å². The van der Waals surface area contributed by atoms with E-state index in [-0.39, 0.29) is 11.8 Å². The summed E-state index contributed by atoms with van der Waals surface area (Å²) in [6.45, 7) is 0. The Morgan fingerprint density at radius 3 is 1.93 bits per heavy atom. The molecule has 2 aliphatic carbocycles. The topological polar surface area (TPSA) is 41.5 Å². The lowest BCUT2D eigenvalue weighted by atomic mass is 9.80. The first-order chi connectivity index (χ1) is 13.3. The summed E-state index contributed by atoms with van der Waals surface area (Å²) in [5.41, 5.74) is 6.02. The van der Waals surface area contributed by atoms with E-state index in [1.807, 2.05) is 85.0 Å². The molecular weight excluding hydrogens is 332 g/mol. The molecule has 0 saturated heterocycles. The van der Waals surface area contributed by atoms with Crippen LogP contribution in [0.25, 0.3) is 12.2 Å². The molecule has 2 aromatic rings. The van der Waals surface area contributed by atoms with Crippen LogP contribution in [0.1, 0.15) is 36.8 Å². The van der Waals surface area contributed by atoms with Crippen LogP contribution in [0.15, 0.2) is 77.9 Å². The number of rotatable bonds is 6. The highest BCUT2D eigenvalue weighted by molar-refractivity contribution is 6.09. The van der Waals surface area contributed by atoms with Crippen LogP contribution in [0.4, 0.5) is 0 Å². The number of hydrogen-bond donors (Lipinski definition) is 1. The van der Waals surface area contributed by atoms with Crippen molar-refractivity contribution in [3.63, 3.8) is 0 Å². The summed E-state index contributed by atoms with van der Waals surface area (Å²) in [7, 11) is 0. The molecule has 0 radical (unpaired) electrons. The predicted octanol–water partition coefficient (Wildman–Crippen LogP) is 5.08. The molecule has 0 aromatic heterocycles. The average Bonchev–Trinajstić information content (AvgIpc) is 3.46. The second-order valence-electron chi connectivity index (χ2n) is 7.47. The molecule has 1 atom stereocenters. The van der Waals surface area contributed by atoms with E-state index in [1.54, 1.807) is 0 Å². The summed E-state index contributed by atoms with van der Waals surface area (Å²) < 4.78 is 0. The molecule has 3 nitrogen and oxygen atoms in total. The number of allylic oxidation sites excluding steroid dienone is 2. The van der Waals surface area contributed by atoms with Crippen LogP contribution in [0.5, 0.6) is 0 Å². The Bertz CT molecular complexity index is 826. The molecule has 2 aromatic carbocycles. The lowest BCUT2D eigenvalue weighted by molar-refractivity contribution is -0.123. The van der Waals surface area contributed by atoms with Gasteiger partial charge in [0.15, 0.2) is 0 Å². The van der Waals surface area contributed by atoms with E-state index in [4.69, 9.17) is 0 Å². The third-order valence-electron chi connectivity index (χ3n) is 5.64. The van der Waals surface area contributed by atoms with Crippen LogP contribution in [-0.2, 0) is 4.79 Å². The maximum Gasteiger partial charge on any atom is 0.243 e. The molecular formula is C24H24N2O. The van der Waals surface area contributed by atoms with Crippen LogP contribution in [-0.4, -0.2) is 11.6 Å². The van der Waals surface area contributed by atoms with Gasteiger partial charge in [0.2, 0.25) is 5.91 Å². The molecule has 0 aliphatic heterocycles. The zero-order valence-corrected chi connectivity index (χ0v) is 15.3. The number of hydrogen-bond acceptors (Lipinski definition) is 2. The Hall–Kier alpha value is -2.94. The van der Waals surface area contributed by atoms with Gasteiger partial charge in [0.1, 0.15) is 0 Å². The fraction of sp³-hybridized carbons (Fsp3) is 0.250. The molecule has 0 heterocycles. The molecule has 2 fully saturated rings. The van der Waals surface area contributed by atoms with Crippen molar-refractivity contribution in [1.82, 2.24) is 5.43 Å². The lowest BCUT2D eigenvalue weighted by Crippen LogP contribution is -2.26. The van der Waals surface area contributed by atoms with Crippen molar-refractivity contribution in [2.45, 2.75) is 25.7 Å². The Balaban J connectivity index is 1.47. The SMILES string of the molecule is O=C(NN=C(/C=C/c1ccccc1)/C=C/c1ccccc1)[C@H]1CC12CCC2. The first-order valence-electron chi connectivity index (χ1n) is 9.59. The molecule has 27 heavy (non-hydrogen) atoms. The molecule has 1 N–H and O–H groups in total. The fourth-order valence-electron chi connectivity index (χ4n) is 3.72. The maximum absolute atomic E-state index is 12.4. The van der Waals surface area contributed by atoms with Crippen LogP contribution >= 0.6 is 0 Å². The van der Waals surface area contributed by atoms with Crippen molar-refractivity contribution in [2.24, 2.45) is 16.4 Å². The van der Waals surface area contributed by atoms with Crippen LogP contribution in [0.3, 0.4) is 0 Å². The molecule has 136 valence electrons. The van der Waals surface area contributed by atoms with Crippen molar-refractivity contribution in [2.75, 3.05) is 0 Å². The zero-order valence-electron chi connectivity index (χ0n) is 15.3.